The highest BCUT2D eigenvalue weighted by Gasteiger charge is 2.28. The predicted molar refractivity (Wildman–Crippen MR) is 89.4 cm³/mol. The SMILES string of the molecule is CCc1ccc(C(N2CCCCC2)N2CCCCC2)cc1. The molecule has 0 atom stereocenters. The second-order valence-electron chi connectivity index (χ2n) is 6.66. The quantitative estimate of drug-likeness (QED) is 0.817. The Kier molecular flexibility index (Phi) is 5.32. The molecule has 0 radical (unpaired) electrons. The van der Waals surface area contributed by atoms with Crippen molar-refractivity contribution < 1.29 is 0 Å². The molecule has 2 aliphatic rings. The number of rotatable bonds is 4. The highest BCUT2D eigenvalue weighted by Crippen LogP contribution is 2.30. The monoisotopic (exact) mass is 286 g/mol. The van der Waals surface area contributed by atoms with E-state index in [1.807, 2.05) is 0 Å². The minimum Gasteiger partial charge on any atom is -0.284 e. The molecule has 3 rings (SSSR count). The second kappa shape index (κ2) is 7.42. The van der Waals surface area contributed by atoms with Gasteiger partial charge in [-0.15, -0.1) is 0 Å². The third kappa shape index (κ3) is 3.67. The van der Waals surface area contributed by atoms with Crippen LogP contribution in [0.4, 0.5) is 0 Å². The topological polar surface area (TPSA) is 6.48 Å². The fourth-order valence-corrected chi connectivity index (χ4v) is 3.90. The summed E-state index contributed by atoms with van der Waals surface area (Å²) in [6.45, 7) is 7.34. The van der Waals surface area contributed by atoms with Gasteiger partial charge in [-0.3, -0.25) is 9.80 Å². The Morgan fingerprint density at radius 2 is 1.24 bits per heavy atom. The molecule has 2 fully saturated rings. The number of hydrogen-bond donors (Lipinski definition) is 0. The summed E-state index contributed by atoms with van der Waals surface area (Å²) < 4.78 is 0. The van der Waals surface area contributed by atoms with Crippen LogP contribution in [0.3, 0.4) is 0 Å². The zero-order valence-corrected chi connectivity index (χ0v) is 13.6. The van der Waals surface area contributed by atoms with Gasteiger partial charge in [-0.2, -0.15) is 0 Å². The summed E-state index contributed by atoms with van der Waals surface area (Å²) in [5, 5.41) is 0. The minimum atomic E-state index is 0.525. The van der Waals surface area contributed by atoms with Crippen LogP contribution in [0, 0.1) is 0 Å². The molecule has 2 saturated heterocycles. The average molecular weight is 286 g/mol. The Labute approximate surface area is 130 Å². The average Bonchev–Trinajstić information content (AvgIpc) is 2.58. The molecule has 2 aliphatic heterocycles. The molecule has 21 heavy (non-hydrogen) atoms. The fourth-order valence-electron chi connectivity index (χ4n) is 3.90. The van der Waals surface area contributed by atoms with Crippen LogP contribution in [0.1, 0.15) is 62.7 Å². The van der Waals surface area contributed by atoms with Crippen molar-refractivity contribution in [1.29, 1.82) is 0 Å². The van der Waals surface area contributed by atoms with Crippen LogP contribution in [-0.4, -0.2) is 36.0 Å². The van der Waals surface area contributed by atoms with Crippen LogP contribution in [0.15, 0.2) is 24.3 Å². The van der Waals surface area contributed by atoms with Crippen molar-refractivity contribution in [1.82, 2.24) is 9.80 Å². The molecular weight excluding hydrogens is 256 g/mol. The third-order valence-corrected chi connectivity index (χ3v) is 5.16. The van der Waals surface area contributed by atoms with Crippen molar-refractivity contribution in [2.75, 3.05) is 26.2 Å². The third-order valence-electron chi connectivity index (χ3n) is 5.16. The number of piperidine rings is 2. The number of likely N-dealkylation sites (tertiary alicyclic amines) is 2. The Bertz CT molecular complexity index is 396. The van der Waals surface area contributed by atoms with Gasteiger partial charge in [0.1, 0.15) is 0 Å². The molecule has 0 bridgehead atoms. The number of hydrogen-bond acceptors (Lipinski definition) is 2. The number of benzene rings is 1. The predicted octanol–water partition coefficient (Wildman–Crippen LogP) is 4.22. The lowest BCUT2D eigenvalue weighted by Gasteiger charge is -2.43. The van der Waals surface area contributed by atoms with Gasteiger partial charge in [0.05, 0.1) is 6.17 Å². The standard InChI is InChI=1S/C19H30N2/c1-2-17-9-11-18(12-10-17)19(20-13-5-3-6-14-20)21-15-7-4-8-16-21/h9-12,19H,2-8,13-16H2,1H3. The zero-order valence-electron chi connectivity index (χ0n) is 13.6. The van der Waals surface area contributed by atoms with Crippen LogP contribution in [0.2, 0.25) is 0 Å². The van der Waals surface area contributed by atoms with Crippen molar-refractivity contribution in [3.63, 3.8) is 0 Å². The van der Waals surface area contributed by atoms with Gasteiger partial charge in [-0.25, -0.2) is 0 Å². The molecule has 0 saturated carbocycles. The van der Waals surface area contributed by atoms with Gasteiger partial charge < -0.3 is 0 Å². The van der Waals surface area contributed by atoms with E-state index in [2.05, 4.69) is 41.0 Å². The van der Waals surface area contributed by atoms with Crippen molar-refractivity contribution in [3.05, 3.63) is 35.4 Å². The van der Waals surface area contributed by atoms with E-state index in [0.29, 0.717) is 6.17 Å². The van der Waals surface area contributed by atoms with E-state index in [1.54, 1.807) is 0 Å². The summed E-state index contributed by atoms with van der Waals surface area (Å²) in [6.07, 6.45) is 9.98. The van der Waals surface area contributed by atoms with Crippen LogP contribution in [-0.2, 0) is 6.42 Å². The molecule has 0 unspecified atom stereocenters. The highest BCUT2D eigenvalue weighted by atomic mass is 15.4. The maximum absolute atomic E-state index is 2.73. The Balaban J connectivity index is 1.82. The van der Waals surface area contributed by atoms with E-state index < -0.39 is 0 Å². The van der Waals surface area contributed by atoms with Crippen LogP contribution in [0.5, 0.6) is 0 Å². The van der Waals surface area contributed by atoms with E-state index in [1.165, 1.54) is 75.8 Å². The fraction of sp³-hybridized carbons (Fsp3) is 0.684. The molecule has 1 aromatic carbocycles. The Morgan fingerprint density at radius 3 is 1.67 bits per heavy atom. The lowest BCUT2D eigenvalue weighted by atomic mass is 10.0. The summed E-state index contributed by atoms with van der Waals surface area (Å²) in [5.41, 5.74) is 2.96. The first-order valence-electron chi connectivity index (χ1n) is 8.95. The van der Waals surface area contributed by atoms with E-state index >= 15 is 0 Å². The van der Waals surface area contributed by atoms with Crippen molar-refractivity contribution in [2.24, 2.45) is 0 Å². The van der Waals surface area contributed by atoms with Crippen molar-refractivity contribution >= 4 is 0 Å². The lowest BCUT2D eigenvalue weighted by Crippen LogP contribution is -2.45. The molecule has 0 aromatic heterocycles. The van der Waals surface area contributed by atoms with Gasteiger partial charge in [0, 0.05) is 0 Å². The molecule has 2 heterocycles. The van der Waals surface area contributed by atoms with Gasteiger partial charge in [0.25, 0.3) is 0 Å². The Hall–Kier alpha value is -0.860. The number of aryl methyl sites for hydroxylation is 1. The maximum atomic E-state index is 2.73. The molecule has 2 heteroatoms. The van der Waals surface area contributed by atoms with Crippen molar-refractivity contribution in [3.8, 4) is 0 Å². The Morgan fingerprint density at radius 1 is 0.762 bits per heavy atom. The van der Waals surface area contributed by atoms with Gasteiger partial charge in [-0.1, -0.05) is 44.0 Å². The molecule has 0 aliphatic carbocycles. The van der Waals surface area contributed by atoms with E-state index in [0.717, 1.165) is 6.42 Å². The summed E-state index contributed by atoms with van der Waals surface area (Å²) in [4.78, 5) is 5.46. The molecule has 2 nitrogen and oxygen atoms in total. The summed E-state index contributed by atoms with van der Waals surface area (Å²) in [5.74, 6) is 0. The lowest BCUT2D eigenvalue weighted by molar-refractivity contribution is 0.0156. The van der Waals surface area contributed by atoms with Gasteiger partial charge >= 0.3 is 0 Å². The van der Waals surface area contributed by atoms with E-state index in [4.69, 9.17) is 0 Å². The molecule has 116 valence electrons. The van der Waals surface area contributed by atoms with E-state index in [9.17, 15) is 0 Å². The van der Waals surface area contributed by atoms with Crippen LogP contribution in [0.25, 0.3) is 0 Å². The molecule has 1 aromatic rings. The summed E-state index contributed by atoms with van der Waals surface area (Å²) in [7, 11) is 0. The van der Waals surface area contributed by atoms with Gasteiger partial charge in [0.15, 0.2) is 0 Å². The molecular formula is C19H30N2. The van der Waals surface area contributed by atoms with Crippen LogP contribution >= 0.6 is 0 Å². The summed E-state index contributed by atoms with van der Waals surface area (Å²) in [6, 6.07) is 9.42. The first kappa shape index (κ1) is 15.1. The highest BCUT2D eigenvalue weighted by molar-refractivity contribution is 5.25. The summed E-state index contributed by atoms with van der Waals surface area (Å²) >= 11 is 0. The second-order valence-corrected chi connectivity index (χ2v) is 6.66. The molecule has 0 spiro atoms. The van der Waals surface area contributed by atoms with E-state index in [-0.39, 0.29) is 0 Å². The maximum Gasteiger partial charge on any atom is 0.0886 e. The molecule has 0 N–H and O–H groups in total. The normalized spacial score (nSPS) is 21.8. The smallest absolute Gasteiger partial charge is 0.0886 e. The van der Waals surface area contributed by atoms with Gasteiger partial charge in [0.2, 0.25) is 0 Å². The number of nitrogens with zero attached hydrogens (tertiary/aromatic N) is 2. The van der Waals surface area contributed by atoms with Crippen molar-refractivity contribution in [2.45, 2.75) is 58.0 Å². The first-order valence-corrected chi connectivity index (χ1v) is 8.95. The zero-order chi connectivity index (χ0) is 14.5. The minimum absolute atomic E-state index is 0.525. The largest absolute Gasteiger partial charge is 0.284 e. The first-order chi connectivity index (χ1) is 10.4. The van der Waals surface area contributed by atoms with Crippen LogP contribution < -0.4 is 0 Å². The molecule has 0 amide bonds. The van der Waals surface area contributed by atoms with Gasteiger partial charge in [-0.05, 0) is 69.4 Å².